The molecular formula is C24H24O4. The third kappa shape index (κ3) is 4.78. The summed E-state index contributed by atoms with van der Waals surface area (Å²) in [5.41, 5.74) is 3.95. The van der Waals surface area contributed by atoms with Crippen LogP contribution in [0.15, 0.2) is 78.9 Å². The Balaban J connectivity index is 1.35. The number of rotatable bonds is 7. The fourth-order valence-electron chi connectivity index (χ4n) is 3.26. The van der Waals surface area contributed by atoms with E-state index in [-0.39, 0.29) is 6.29 Å². The van der Waals surface area contributed by atoms with Gasteiger partial charge in [0, 0.05) is 6.42 Å². The molecule has 1 aliphatic heterocycles. The van der Waals surface area contributed by atoms with Crippen LogP contribution in [-0.2, 0) is 22.5 Å². The molecule has 0 aromatic heterocycles. The van der Waals surface area contributed by atoms with Crippen LogP contribution in [0.25, 0.3) is 0 Å². The van der Waals surface area contributed by atoms with Gasteiger partial charge < -0.3 is 19.3 Å². The van der Waals surface area contributed by atoms with Crippen molar-refractivity contribution in [1.29, 1.82) is 0 Å². The van der Waals surface area contributed by atoms with Crippen molar-refractivity contribution < 1.29 is 19.3 Å². The lowest BCUT2D eigenvalue weighted by molar-refractivity contribution is -0.0399. The van der Waals surface area contributed by atoms with Gasteiger partial charge in [-0.1, -0.05) is 66.7 Å². The summed E-state index contributed by atoms with van der Waals surface area (Å²) < 4.78 is 16.9. The van der Waals surface area contributed by atoms with Crippen LogP contribution in [0.2, 0.25) is 0 Å². The van der Waals surface area contributed by atoms with Crippen LogP contribution in [0, 0.1) is 0 Å². The molecule has 4 heteroatoms. The highest BCUT2D eigenvalue weighted by Crippen LogP contribution is 2.25. The van der Waals surface area contributed by atoms with E-state index >= 15 is 0 Å². The highest BCUT2D eigenvalue weighted by Gasteiger charge is 2.16. The van der Waals surface area contributed by atoms with Crippen molar-refractivity contribution in [2.24, 2.45) is 0 Å². The van der Waals surface area contributed by atoms with Crippen molar-refractivity contribution in [2.75, 3.05) is 13.2 Å². The molecule has 144 valence electrons. The van der Waals surface area contributed by atoms with E-state index in [0.29, 0.717) is 19.8 Å². The van der Waals surface area contributed by atoms with E-state index in [1.807, 2.05) is 54.6 Å². The van der Waals surface area contributed by atoms with E-state index in [1.165, 1.54) is 5.56 Å². The molecule has 0 spiro atoms. The Morgan fingerprint density at radius 1 is 0.821 bits per heavy atom. The topological polar surface area (TPSA) is 47.9 Å². The van der Waals surface area contributed by atoms with E-state index in [9.17, 15) is 5.11 Å². The summed E-state index contributed by atoms with van der Waals surface area (Å²) in [6, 6.07) is 25.5. The molecule has 1 heterocycles. The van der Waals surface area contributed by atoms with E-state index < -0.39 is 6.10 Å². The van der Waals surface area contributed by atoms with Gasteiger partial charge >= 0.3 is 0 Å². The molecule has 3 aromatic carbocycles. The maximum Gasteiger partial charge on any atom is 0.161 e. The van der Waals surface area contributed by atoms with Gasteiger partial charge in [-0.2, -0.15) is 0 Å². The second kappa shape index (κ2) is 9.02. The van der Waals surface area contributed by atoms with Crippen molar-refractivity contribution in [3.8, 4) is 5.75 Å². The first-order valence-corrected chi connectivity index (χ1v) is 9.55. The normalized spacial score (nSPS) is 15.5. The first-order valence-electron chi connectivity index (χ1n) is 9.55. The predicted octanol–water partition coefficient (Wildman–Crippen LogP) is 4.26. The fraction of sp³-hybridized carbons (Fsp3) is 0.250. The van der Waals surface area contributed by atoms with Crippen molar-refractivity contribution >= 4 is 0 Å². The number of benzene rings is 3. The standard InChI is InChI=1S/C24H24O4/c25-24(20-5-2-1-3-6-20)21-7-4-8-22(16-21)28-17-19-11-9-18(10-12-19)15-23-26-13-14-27-23/h1-12,16,23-25H,13-15,17H2. The molecule has 28 heavy (non-hydrogen) atoms. The van der Waals surface area contributed by atoms with E-state index in [2.05, 4.69) is 24.3 Å². The minimum absolute atomic E-state index is 0.124. The number of ether oxygens (including phenoxy) is 3. The van der Waals surface area contributed by atoms with Gasteiger partial charge in [0.1, 0.15) is 18.5 Å². The molecule has 0 saturated carbocycles. The second-order valence-electron chi connectivity index (χ2n) is 6.87. The Kier molecular flexibility index (Phi) is 6.02. The summed E-state index contributed by atoms with van der Waals surface area (Å²) >= 11 is 0. The van der Waals surface area contributed by atoms with Crippen molar-refractivity contribution in [2.45, 2.75) is 25.4 Å². The SMILES string of the molecule is OC(c1ccccc1)c1cccc(OCc2ccc(CC3OCCO3)cc2)c1. The van der Waals surface area contributed by atoms with Gasteiger partial charge in [0.25, 0.3) is 0 Å². The fourth-order valence-corrected chi connectivity index (χ4v) is 3.26. The smallest absolute Gasteiger partial charge is 0.161 e. The van der Waals surface area contributed by atoms with Crippen LogP contribution in [0.3, 0.4) is 0 Å². The summed E-state index contributed by atoms with van der Waals surface area (Å²) in [6.45, 7) is 1.82. The molecule has 1 aliphatic rings. The predicted molar refractivity (Wildman–Crippen MR) is 107 cm³/mol. The van der Waals surface area contributed by atoms with Crippen LogP contribution >= 0.6 is 0 Å². The monoisotopic (exact) mass is 376 g/mol. The Morgan fingerprint density at radius 2 is 1.50 bits per heavy atom. The van der Waals surface area contributed by atoms with Crippen LogP contribution in [0.4, 0.5) is 0 Å². The average Bonchev–Trinajstić information content (AvgIpc) is 3.27. The van der Waals surface area contributed by atoms with Gasteiger partial charge in [0.2, 0.25) is 0 Å². The van der Waals surface area contributed by atoms with Crippen molar-refractivity contribution in [3.05, 3.63) is 101 Å². The Hall–Kier alpha value is -2.66. The molecule has 1 atom stereocenters. The number of hydrogen-bond donors (Lipinski definition) is 1. The lowest BCUT2D eigenvalue weighted by atomic mass is 10.0. The molecule has 1 unspecified atom stereocenters. The molecular weight excluding hydrogens is 352 g/mol. The maximum atomic E-state index is 10.6. The van der Waals surface area contributed by atoms with Gasteiger partial charge in [-0.05, 0) is 34.4 Å². The average molecular weight is 376 g/mol. The molecule has 0 bridgehead atoms. The largest absolute Gasteiger partial charge is 0.489 e. The molecule has 1 fully saturated rings. The van der Waals surface area contributed by atoms with Gasteiger partial charge in [0.05, 0.1) is 13.2 Å². The van der Waals surface area contributed by atoms with E-state index in [0.717, 1.165) is 28.9 Å². The first-order chi connectivity index (χ1) is 13.8. The number of hydrogen-bond acceptors (Lipinski definition) is 4. The number of aliphatic hydroxyl groups is 1. The van der Waals surface area contributed by atoms with Crippen LogP contribution in [0.5, 0.6) is 5.75 Å². The zero-order chi connectivity index (χ0) is 19.2. The summed E-state index contributed by atoms with van der Waals surface area (Å²) in [6.07, 6.45) is -0.0227. The van der Waals surface area contributed by atoms with Crippen molar-refractivity contribution in [1.82, 2.24) is 0 Å². The van der Waals surface area contributed by atoms with Gasteiger partial charge in [-0.15, -0.1) is 0 Å². The Bertz CT molecular complexity index is 871. The lowest BCUT2D eigenvalue weighted by Gasteiger charge is -2.14. The summed E-state index contributed by atoms with van der Waals surface area (Å²) in [5.74, 6) is 0.740. The van der Waals surface area contributed by atoms with Crippen LogP contribution in [0.1, 0.15) is 28.4 Å². The molecule has 0 amide bonds. The molecule has 4 rings (SSSR count). The second-order valence-corrected chi connectivity index (χ2v) is 6.87. The Labute approximate surface area is 165 Å². The Morgan fingerprint density at radius 3 is 2.25 bits per heavy atom. The summed E-state index contributed by atoms with van der Waals surface area (Å²) in [4.78, 5) is 0. The summed E-state index contributed by atoms with van der Waals surface area (Å²) in [7, 11) is 0. The third-order valence-electron chi connectivity index (χ3n) is 4.81. The van der Waals surface area contributed by atoms with Crippen LogP contribution < -0.4 is 4.74 Å². The maximum absolute atomic E-state index is 10.6. The van der Waals surface area contributed by atoms with Crippen molar-refractivity contribution in [3.63, 3.8) is 0 Å². The molecule has 4 nitrogen and oxygen atoms in total. The van der Waals surface area contributed by atoms with Gasteiger partial charge in [0.15, 0.2) is 6.29 Å². The zero-order valence-electron chi connectivity index (χ0n) is 15.7. The molecule has 1 saturated heterocycles. The highest BCUT2D eigenvalue weighted by molar-refractivity contribution is 5.35. The van der Waals surface area contributed by atoms with Gasteiger partial charge in [-0.3, -0.25) is 0 Å². The van der Waals surface area contributed by atoms with E-state index in [1.54, 1.807) is 0 Å². The lowest BCUT2D eigenvalue weighted by Crippen LogP contribution is -2.11. The van der Waals surface area contributed by atoms with Gasteiger partial charge in [-0.25, -0.2) is 0 Å². The highest BCUT2D eigenvalue weighted by atomic mass is 16.7. The molecule has 1 N–H and O–H groups in total. The third-order valence-corrected chi connectivity index (χ3v) is 4.81. The van der Waals surface area contributed by atoms with E-state index in [4.69, 9.17) is 14.2 Å². The summed E-state index contributed by atoms with van der Waals surface area (Å²) in [5, 5.41) is 10.6. The quantitative estimate of drug-likeness (QED) is 0.669. The minimum atomic E-state index is -0.663. The first kappa shape index (κ1) is 18.7. The van der Waals surface area contributed by atoms with Crippen LogP contribution in [-0.4, -0.2) is 24.6 Å². The molecule has 3 aromatic rings. The molecule has 0 radical (unpaired) electrons. The zero-order valence-corrected chi connectivity index (χ0v) is 15.7. The number of aliphatic hydroxyl groups excluding tert-OH is 1. The molecule has 0 aliphatic carbocycles. The minimum Gasteiger partial charge on any atom is -0.489 e.